The highest BCUT2D eigenvalue weighted by Gasteiger charge is 2.14. The Balaban J connectivity index is 0.000000697. The molecule has 5 heteroatoms. The molecule has 146 valence electrons. The molecule has 0 aliphatic heterocycles. The zero-order valence-electron chi connectivity index (χ0n) is 16.5. The van der Waals surface area contributed by atoms with Crippen LogP contribution >= 0.6 is 0 Å². The van der Waals surface area contributed by atoms with Crippen molar-refractivity contribution in [3.63, 3.8) is 0 Å². The van der Waals surface area contributed by atoms with Crippen LogP contribution in [0.15, 0.2) is 30.3 Å². The van der Waals surface area contributed by atoms with Crippen LogP contribution in [-0.2, 0) is 16.7 Å². The van der Waals surface area contributed by atoms with Gasteiger partial charge in [-0.1, -0.05) is 69.9 Å². The van der Waals surface area contributed by atoms with Crippen LogP contribution in [0.1, 0.15) is 64.4 Å². The number of quaternary nitrogens is 1. The normalized spacial score (nSPS) is 11.7. The van der Waals surface area contributed by atoms with E-state index in [1.54, 1.807) is 6.92 Å². The van der Waals surface area contributed by atoms with E-state index in [9.17, 15) is 13.0 Å². The maximum Gasteiger partial charge on any atom is 0.104 e. The standard InChI is InChI=1S/C17H30N.C3H8O3S/c1-4-5-6-7-8-12-15-18(2,3)16-17-13-10-9-11-14-17;1-2-3-7(4,5)6/h9-11,13-14H,4-8,12,15-16H2,1-3H3;2-3H2,1H3,(H,4,5,6)/q+1;/p-1. The molecule has 1 aromatic rings. The Bertz CT molecular complexity index is 527. The Kier molecular flexibility index (Phi) is 12.8. The third-order valence-corrected chi connectivity index (χ3v) is 4.93. The van der Waals surface area contributed by atoms with Crippen LogP contribution in [0.4, 0.5) is 0 Å². The predicted molar refractivity (Wildman–Crippen MR) is 105 cm³/mol. The molecule has 0 spiro atoms. The lowest BCUT2D eigenvalue weighted by molar-refractivity contribution is -0.903. The summed E-state index contributed by atoms with van der Waals surface area (Å²) in [5, 5.41) is 0. The van der Waals surface area contributed by atoms with Crippen LogP contribution in [0.3, 0.4) is 0 Å². The molecule has 4 nitrogen and oxygen atoms in total. The first-order chi connectivity index (χ1) is 11.7. The average molecular weight is 372 g/mol. The highest BCUT2D eigenvalue weighted by molar-refractivity contribution is 7.85. The minimum absolute atomic E-state index is 0.243. The molecule has 0 aliphatic rings. The third-order valence-electron chi connectivity index (χ3n) is 4.02. The van der Waals surface area contributed by atoms with Crippen LogP contribution < -0.4 is 0 Å². The van der Waals surface area contributed by atoms with E-state index in [1.165, 1.54) is 50.6 Å². The van der Waals surface area contributed by atoms with Crippen molar-refractivity contribution in [3.05, 3.63) is 35.9 Å². The lowest BCUT2D eigenvalue weighted by atomic mass is 10.1. The van der Waals surface area contributed by atoms with Crippen molar-refractivity contribution in [1.82, 2.24) is 0 Å². The molecule has 1 aromatic carbocycles. The van der Waals surface area contributed by atoms with Gasteiger partial charge in [-0.2, -0.15) is 0 Å². The Morgan fingerprint density at radius 2 is 1.44 bits per heavy atom. The molecule has 0 amide bonds. The smallest absolute Gasteiger partial charge is 0.104 e. The van der Waals surface area contributed by atoms with Gasteiger partial charge in [0.05, 0.1) is 30.8 Å². The molecule has 0 saturated heterocycles. The molecule has 0 fully saturated rings. The van der Waals surface area contributed by atoms with E-state index in [4.69, 9.17) is 0 Å². The van der Waals surface area contributed by atoms with Crippen molar-refractivity contribution in [2.45, 2.75) is 65.3 Å². The maximum absolute atomic E-state index is 9.68. The minimum Gasteiger partial charge on any atom is -0.748 e. The number of benzene rings is 1. The zero-order valence-corrected chi connectivity index (χ0v) is 17.4. The van der Waals surface area contributed by atoms with Crippen molar-refractivity contribution >= 4 is 10.1 Å². The highest BCUT2D eigenvalue weighted by Crippen LogP contribution is 2.12. The van der Waals surface area contributed by atoms with E-state index in [2.05, 4.69) is 51.4 Å². The third kappa shape index (κ3) is 16.3. The van der Waals surface area contributed by atoms with Crippen molar-refractivity contribution in [3.8, 4) is 0 Å². The van der Waals surface area contributed by atoms with Crippen molar-refractivity contribution in [1.29, 1.82) is 0 Å². The first-order valence-electron chi connectivity index (χ1n) is 9.49. The van der Waals surface area contributed by atoms with Gasteiger partial charge in [-0.3, -0.25) is 0 Å². The van der Waals surface area contributed by atoms with Gasteiger partial charge < -0.3 is 9.04 Å². The first-order valence-corrected chi connectivity index (χ1v) is 11.1. The van der Waals surface area contributed by atoms with Crippen molar-refractivity contribution in [2.24, 2.45) is 0 Å². The molecule has 0 saturated carbocycles. The number of hydrogen-bond acceptors (Lipinski definition) is 3. The van der Waals surface area contributed by atoms with Crippen LogP contribution in [0.5, 0.6) is 0 Å². The fourth-order valence-electron chi connectivity index (χ4n) is 2.73. The Hall–Kier alpha value is -0.910. The lowest BCUT2D eigenvalue weighted by Crippen LogP contribution is -2.39. The lowest BCUT2D eigenvalue weighted by Gasteiger charge is -2.30. The van der Waals surface area contributed by atoms with Crippen molar-refractivity contribution < 1.29 is 17.5 Å². The van der Waals surface area contributed by atoms with E-state index in [1.807, 2.05) is 0 Å². The Morgan fingerprint density at radius 3 is 1.92 bits per heavy atom. The van der Waals surface area contributed by atoms with Gasteiger partial charge in [-0.05, 0) is 19.3 Å². The van der Waals surface area contributed by atoms with Gasteiger partial charge in [0.15, 0.2) is 0 Å². The van der Waals surface area contributed by atoms with E-state index in [-0.39, 0.29) is 5.75 Å². The fourth-order valence-corrected chi connectivity index (χ4v) is 3.23. The summed E-state index contributed by atoms with van der Waals surface area (Å²) in [5.74, 6) is -0.243. The van der Waals surface area contributed by atoms with E-state index in [0.29, 0.717) is 6.42 Å². The summed E-state index contributed by atoms with van der Waals surface area (Å²) in [6.45, 7) is 6.37. The quantitative estimate of drug-likeness (QED) is 0.325. The second-order valence-electron chi connectivity index (χ2n) is 7.33. The summed E-state index contributed by atoms with van der Waals surface area (Å²) < 4.78 is 30.1. The van der Waals surface area contributed by atoms with Crippen LogP contribution in [0, 0.1) is 0 Å². The second kappa shape index (κ2) is 13.3. The van der Waals surface area contributed by atoms with E-state index >= 15 is 0 Å². The van der Waals surface area contributed by atoms with Gasteiger partial charge in [0.2, 0.25) is 0 Å². The largest absolute Gasteiger partial charge is 0.748 e. The summed E-state index contributed by atoms with van der Waals surface area (Å²) in [6.07, 6.45) is 8.76. The molecular formula is C20H37NO3S. The zero-order chi connectivity index (χ0) is 19.2. The van der Waals surface area contributed by atoms with Gasteiger partial charge in [0.1, 0.15) is 6.54 Å². The molecule has 0 atom stereocenters. The van der Waals surface area contributed by atoms with E-state index in [0.717, 1.165) is 11.0 Å². The molecule has 25 heavy (non-hydrogen) atoms. The van der Waals surface area contributed by atoms with Gasteiger partial charge in [-0.25, -0.2) is 8.42 Å². The van der Waals surface area contributed by atoms with Crippen LogP contribution in [0.25, 0.3) is 0 Å². The molecular weight excluding hydrogens is 334 g/mol. The van der Waals surface area contributed by atoms with Gasteiger partial charge in [-0.15, -0.1) is 0 Å². The van der Waals surface area contributed by atoms with Crippen LogP contribution in [-0.4, -0.2) is 43.8 Å². The maximum atomic E-state index is 9.68. The summed E-state index contributed by atoms with van der Waals surface area (Å²) in [4.78, 5) is 0. The van der Waals surface area contributed by atoms with Crippen LogP contribution in [0.2, 0.25) is 0 Å². The Labute approximate surface area is 155 Å². The van der Waals surface area contributed by atoms with Gasteiger partial charge in [0, 0.05) is 11.3 Å². The van der Waals surface area contributed by atoms with Crippen molar-refractivity contribution in [2.75, 3.05) is 26.4 Å². The molecule has 0 heterocycles. The van der Waals surface area contributed by atoms with Gasteiger partial charge in [0.25, 0.3) is 0 Å². The monoisotopic (exact) mass is 371 g/mol. The number of unbranched alkanes of at least 4 members (excludes halogenated alkanes) is 5. The molecule has 0 unspecified atom stereocenters. The number of rotatable bonds is 11. The SMILES string of the molecule is CCCCCCCC[N+](C)(C)Cc1ccccc1.CCCS(=O)(=O)[O-]. The molecule has 0 bridgehead atoms. The topological polar surface area (TPSA) is 57.2 Å². The first kappa shape index (κ1) is 24.1. The minimum atomic E-state index is -3.92. The summed E-state index contributed by atoms with van der Waals surface area (Å²) in [7, 11) is 0.768. The number of hydrogen-bond donors (Lipinski definition) is 0. The average Bonchev–Trinajstić information content (AvgIpc) is 2.51. The van der Waals surface area contributed by atoms with E-state index < -0.39 is 10.1 Å². The molecule has 0 N–H and O–H groups in total. The molecule has 1 rings (SSSR count). The molecule has 0 radical (unpaired) electrons. The molecule has 0 aliphatic carbocycles. The number of nitrogens with zero attached hydrogens (tertiary/aromatic N) is 1. The second-order valence-corrected chi connectivity index (χ2v) is 8.86. The fraction of sp³-hybridized carbons (Fsp3) is 0.700. The summed E-state index contributed by atoms with van der Waals surface area (Å²) in [6, 6.07) is 10.8. The summed E-state index contributed by atoms with van der Waals surface area (Å²) >= 11 is 0. The molecule has 0 aromatic heterocycles. The Morgan fingerprint density at radius 1 is 0.880 bits per heavy atom. The summed E-state index contributed by atoms with van der Waals surface area (Å²) in [5.41, 5.74) is 1.45. The van der Waals surface area contributed by atoms with Gasteiger partial charge >= 0.3 is 0 Å². The predicted octanol–water partition coefficient (Wildman–Crippen LogP) is 4.57. The highest BCUT2D eigenvalue weighted by atomic mass is 32.2.